The molecule has 1 heterocycles. The monoisotopic (exact) mass is 465 g/mol. The van der Waals surface area contributed by atoms with E-state index >= 15 is 0 Å². The molecule has 2 aromatic carbocycles. The largest absolute Gasteiger partial charge is 0.629 e. The van der Waals surface area contributed by atoms with E-state index in [4.69, 9.17) is 16.3 Å². The number of halogens is 3. The van der Waals surface area contributed by atoms with Gasteiger partial charge in [-0.25, -0.2) is 13.8 Å². The molecule has 0 aliphatic heterocycles. The fraction of sp³-hybridized carbons (Fsp3) is 0.238. The lowest BCUT2D eigenvalue weighted by molar-refractivity contribution is -0.752. The highest BCUT2D eigenvalue weighted by Crippen LogP contribution is 2.34. The lowest BCUT2D eigenvalue weighted by Gasteiger charge is -2.23. The molecule has 4 N–H and O–H groups in total. The third-order valence-electron chi connectivity index (χ3n) is 4.55. The summed E-state index contributed by atoms with van der Waals surface area (Å²) >= 11 is 5.91. The van der Waals surface area contributed by atoms with Crippen LogP contribution in [0.1, 0.15) is 19.4 Å². The molecular formula is C21H22ClF2N5O3. The molecule has 0 aliphatic carbocycles. The minimum Gasteiger partial charge on any atom is -0.629 e. The van der Waals surface area contributed by atoms with Crippen LogP contribution in [0.3, 0.4) is 0 Å². The molecule has 0 spiro atoms. The van der Waals surface area contributed by atoms with Crippen molar-refractivity contribution in [3.05, 3.63) is 64.0 Å². The van der Waals surface area contributed by atoms with E-state index in [1.807, 2.05) is 0 Å². The van der Waals surface area contributed by atoms with Crippen LogP contribution < -0.4 is 20.4 Å². The fourth-order valence-corrected chi connectivity index (χ4v) is 3.16. The quantitative estimate of drug-likeness (QED) is 0.393. The number of ether oxygens (including phenoxy) is 1. The Labute approximate surface area is 188 Å². The Bertz CT molecular complexity index is 1140. The Morgan fingerprint density at radius 3 is 2.47 bits per heavy atom. The average Bonchev–Trinajstić information content (AvgIpc) is 2.70. The highest BCUT2D eigenvalue weighted by Gasteiger charge is 2.23. The van der Waals surface area contributed by atoms with Crippen molar-refractivity contribution in [1.29, 1.82) is 0 Å². The van der Waals surface area contributed by atoms with E-state index in [9.17, 15) is 19.1 Å². The summed E-state index contributed by atoms with van der Waals surface area (Å²) in [4.78, 5) is 8.44. The van der Waals surface area contributed by atoms with Crippen molar-refractivity contribution in [1.82, 2.24) is 9.97 Å². The smallest absolute Gasteiger partial charge is 0.229 e. The third kappa shape index (κ3) is 5.22. The summed E-state index contributed by atoms with van der Waals surface area (Å²) in [7, 11) is 2.62. The molecule has 1 aromatic heterocycles. The number of aromatic nitrogens is 2. The molecule has 11 heteroatoms. The fourth-order valence-electron chi connectivity index (χ4n) is 2.99. The van der Waals surface area contributed by atoms with Gasteiger partial charge in [0.25, 0.3) is 0 Å². The molecule has 0 saturated heterocycles. The first-order valence-electron chi connectivity index (χ1n) is 9.47. The normalized spacial score (nSPS) is 12.4. The van der Waals surface area contributed by atoms with Crippen LogP contribution in [0.5, 0.6) is 5.75 Å². The lowest BCUT2D eigenvalue weighted by Crippen LogP contribution is -2.98. The number of hydrogen-bond acceptors (Lipinski definition) is 7. The van der Waals surface area contributed by atoms with Crippen molar-refractivity contribution in [2.75, 3.05) is 24.8 Å². The van der Waals surface area contributed by atoms with Crippen LogP contribution in [-0.2, 0) is 5.60 Å². The molecule has 170 valence electrons. The average molecular weight is 466 g/mol. The summed E-state index contributed by atoms with van der Waals surface area (Å²) in [6.07, 6.45) is 1.45. The molecule has 0 radical (unpaired) electrons. The summed E-state index contributed by atoms with van der Waals surface area (Å²) < 4.78 is 33.2. The van der Waals surface area contributed by atoms with Crippen LogP contribution in [0.15, 0.2) is 36.5 Å². The number of quaternary nitrogens is 1. The van der Waals surface area contributed by atoms with E-state index in [2.05, 4.69) is 20.6 Å². The molecule has 0 amide bonds. The van der Waals surface area contributed by atoms with Gasteiger partial charge in [-0.1, -0.05) is 11.6 Å². The highest BCUT2D eigenvalue weighted by molar-refractivity contribution is 6.31. The zero-order chi connectivity index (χ0) is 23.6. The van der Waals surface area contributed by atoms with Gasteiger partial charge in [0.05, 0.1) is 30.5 Å². The number of benzene rings is 2. The van der Waals surface area contributed by atoms with Crippen LogP contribution in [0.2, 0.25) is 5.02 Å². The van der Waals surface area contributed by atoms with Crippen LogP contribution in [0.25, 0.3) is 0 Å². The van der Waals surface area contributed by atoms with Gasteiger partial charge in [-0.2, -0.15) is 4.98 Å². The zero-order valence-electron chi connectivity index (χ0n) is 17.8. The van der Waals surface area contributed by atoms with E-state index in [0.717, 1.165) is 12.1 Å². The highest BCUT2D eigenvalue weighted by atomic mass is 35.5. The maximum Gasteiger partial charge on any atom is 0.229 e. The second kappa shape index (κ2) is 9.21. The Balaban J connectivity index is 1.95. The molecule has 0 bridgehead atoms. The molecule has 8 nitrogen and oxygen atoms in total. The summed E-state index contributed by atoms with van der Waals surface area (Å²) in [5, 5.41) is 27.4. The van der Waals surface area contributed by atoms with Gasteiger partial charge in [-0.15, -0.1) is 0 Å². The van der Waals surface area contributed by atoms with Gasteiger partial charge >= 0.3 is 0 Å². The van der Waals surface area contributed by atoms with E-state index in [1.54, 1.807) is 6.07 Å². The molecule has 0 saturated carbocycles. The van der Waals surface area contributed by atoms with Crippen LogP contribution in [0.4, 0.5) is 37.6 Å². The summed E-state index contributed by atoms with van der Waals surface area (Å²) in [6.45, 7) is 3.03. The SMILES string of the molecule is COc1cc(F)c([NH+](C)[O-])cc1Nc1nccc(Nc2cc(Cl)c(F)cc2C(C)(C)O)n1. The predicted octanol–water partition coefficient (Wildman–Crippen LogP) is 3.78. The van der Waals surface area contributed by atoms with Gasteiger partial charge < -0.3 is 30.7 Å². The first-order chi connectivity index (χ1) is 15.0. The summed E-state index contributed by atoms with van der Waals surface area (Å²) in [5.74, 6) is -0.785. The lowest BCUT2D eigenvalue weighted by atomic mass is 9.96. The van der Waals surface area contributed by atoms with Gasteiger partial charge in [0.1, 0.15) is 17.4 Å². The second-order valence-electron chi connectivity index (χ2n) is 7.47. The molecule has 1 atom stereocenters. The van der Waals surface area contributed by atoms with E-state index in [-0.39, 0.29) is 28.0 Å². The second-order valence-corrected chi connectivity index (χ2v) is 7.88. The molecular weight excluding hydrogens is 444 g/mol. The van der Waals surface area contributed by atoms with Gasteiger partial charge in [-0.3, -0.25) is 0 Å². The Morgan fingerprint density at radius 2 is 1.84 bits per heavy atom. The van der Waals surface area contributed by atoms with Gasteiger partial charge in [0.15, 0.2) is 11.5 Å². The first kappa shape index (κ1) is 23.6. The van der Waals surface area contributed by atoms with Crippen molar-refractivity contribution >= 4 is 40.4 Å². The standard InChI is InChI=1S/C21H22ClF2N5O3/c1-21(2,30)11-7-13(23)12(22)8-15(11)26-19-5-6-25-20(28-19)27-16-10-17(29(3)31)14(24)9-18(16)32-4/h5-10,29-30H,1-4H3,(H2,25,26,27,28). The van der Waals surface area contributed by atoms with Crippen molar-refractivity contribution in [2.24, 2.45) is 0 Å². The Morgan fingerprint density at radius 1 is 1.12 bits per heavy atom. The summed E-state index contributed by atoms with van der Waals surface area (Å²) in [6, 6.07) is 6.46. The number of aliphatic hydroxyl groups is 1. The molecule has 1 unspecified atom stereocenters. The van der Waals surface area contributed by atoms with Crippen molar-refractivity contribution in [2.45, 2.75) is 19.4 Å². The van der Waals surface area contributed by atoms with E-state index < -0.39 is 22.3 Å². The Kier molecular flexibility index (Phi) is 6.79. The number of rotatable bonds is 7. The number of nitrogens with one attached hydrogen (secondary N) is 3. The summed E-state index contributed by atoms with van der Waals surface area (Å²) in [5.41, 5.74) is -0.547. The molecule has 3 rings (SSSR count). The number of hydroxylamine groups is 1. The topological polar surface area (TPSA) is 107 Å². The van der Waals surface area contributed by atoms with E-state index in [0.29, 0.717) is 17.2 Å². The van der Waals surface area contributed by atoms with Crippen molar-refractivity contribution < 1.29 is 23.7 Å². The number of anilines is 4. The maximum atomic E-state index is 14.1. The first-order valence-corrected chi connectivity index (χ1v) is 9.85. The molecule has 0 fully saturated rings. The van der Waals surface area contributed by atoms with Crippen LogP contribution in [0, 0.1) is 16.8 Å². The zero-order valence-corrected chi connectivity index (χ0v) is 18.5. The van der Waals surface area contributed by atoms with Gasteiger partial charge in [-0.05, 0) is 32.0 Å². The Hall–Kier alpha value is -3.05. The van der Waals surface area contributed by atoms with Gasteiger partial charge in [0.2, 0.25) is 5.95 Å². The van der Waals surface area contributed by atoms with Gasteiger partial charge in [0, 0.05) is 29.6 Å². The van der Waals surface area contributed by atoms with Crippen molar-refractivity contribution in [3.63, 3.8) is 0 Å². The maximum absolute atomic E-state index is 14.1. The minimum atomic E-state index is -1.35. The van der Waals surface area contributed by atoms with Crippen LogP contribution in [-0.4, -0.2) is 29.2 Å². The molecule has 0 aliphatic rings. The number of methoxy groups -OCH3 is 1. The van der Waals surface area contributed by atoms with E-state index in [1.165, 1.54) is 46.3 Å². The van der Waals surface area contributed by atoms with Crippen LogP contribution >= 0.6 is 11.6 Å². The third-order valence-corrected chi connectivity index (χ3v) is 4.84. The number of hydrogen-bond donors (Lipinski definition) is 4. The van der Waals surface area contributed by atoms with Crippen molar-refractivity contribution in [3.8, 4) is 5.75 Å². The molecule has 3 aromatic rings. The molecule has 32 heavy (non-hydrogen) atoms. The predicted molar refractivity (Wildman–Crippen MR) is 118 cm³/mol. The number of nitrogens with zero attached hydrogens (tertiary/aromatic N) is 2. The minimum absolute atomic E-state index is 0.113.